The van der Waals surface area contributed by atoms with E-state index in [1.54, 1.807) is 29.5 Å². The summed E-state index contributed by atoms with van der Waals surface area (Å²) in [7, 11) is -3.58. The zero-order valence-corrected chi connectivity index (χ0v) is 16.2. The molecular weight excluding hydrogens is 364 g/mol. The van der Waals surface area contributed by atoms with E-state index in [0.29, 0.717) is 10.6 Å². The smallest absolute Gasteiger partial charge is 0.261 e. The van der Waals surface area contributed by atoms with Crippen LogP contribution in [0.3, 0.4) is 0 Å². The Morgan fingerprint density at radius 2 is 1.73 bits per heavy atom. The summed E-state index contributed by atoms with van der Waals surface area (Å²) < 4.78 is 28.1. The fraction of sp³-hybridized carbons (Fsp3) is 0.250. The first-order chi connectivity index (χ1) is 12.5. The van der Waals surface area contributed by atoms with Crippen molar-refractivity contribution in [2.24, 2.45) is 0 Å². The number of rotatable bonds is 4. The largest absolute Gasteiger partial charge is 0.280 e. The Hall–Kier alpha value is -2.18. The molecule has 0 amide bonds. The summed E-state index contributed by atoms with van der Waals surface area (Å²) in [5.41, 5.74) is 4.88. The number of hydrogen-bond acceptors (Lipinski definition) is 4. The van der Waals surface area contributed by atoms with E-state index in [1.807, 2.05) is 36.6 Å². The first-order valence-electron chi connectivity index (χ1n) is 8.68. The summed E-state index contributed by atoms with van der Waals surface area (Å²) in [6.07, 6.45) is 4.31. The Kier molecular flexibility index (Phi) is 4.54. The first kappa shape index (κ1) is 17.2. The second-order valence-electron chi connectivity index (χ2n) is 6.57. The molecule has 0 unspecified atom stereocenters. The summed E-state index contributed by atoms with van der Waals surface area (Å²) in [5.74, 6) is 0. The molecule has 0 fully saturated rings. The monoisotopic (exact) mass is 384 g/mol. The molecule has 1 aliphatic rings. The van der Waals surface area contributed by atoms with Crippen molar-refractivity contribution in [3.05, 3.63) is 64.0 Å². The molecule has 0 saturated heterocycles. The number of hydrogen-bond donors (Lipinski definition) is 1. The van der Waals surface area contributed by atoms with Gasteiger partial charge in [-0.3, -0.25) is 4.72 Å². The highest BCUT2D eigenvalue weighted by Crippen LogP contribution is 2.27. The molecule has 1 aliphatic carbocycles. The van der Waals surface area contributed by atoms with Gasteiger partial charge in [-0.1, -0.05) is 18.2 Å². The highest BCUT2D eigenvalue weighted by atomic mass is 32.2. The molecule has 0 bridgehead atoms. The molecule has 134 valence electrons. The predicted molar refractivity (Wildman–Crippen MR) is 106 cm³/mol. The third-order valence-electron chi connectivity index (χ3n) is 4.68. The van der Waals surface area contributed by atoms with Crippen LogP contribution in [0.1, 0.15) is 29.0 Å². The van der Waals surface area contributed by atoms with E-state index in [0.717, 1.165) is 41.1 Å². The van der Waals surface area contributed by atoms with Crippen LogP contribution in [-0.4, -0.2) is 13.4 Å². The summed E-state index contributed by atoms with van der Waals surface area (Å²) in [6, 6.07) is 12.8. The zero-order valence-electron chi connectivity index (χ0n) is 14.5. The van der Waals surface area contributed by atoms with Gasteiger partial charge >= 0.3 is 0 Å². The van der Waals surface area contributed by atoms with Gasteiger partial charge in [0.2, 0.25) is 0 Å². The fourth-order valence-electron chi connectivity index (χ4n) is 3.30. The number of anilines is 1. The lowest BCUT2D eigenvalue weighted by atomic mass is 9.92. The van der Waals surface area contributed by atoms with E-state index >= 15 is 0 Å². The van der Waals surface area contributed by atoms with Crippen molar-refractivity contribution in [1.82, 2.24) is 4.98 Å². The van der Waals surface area contributed by atoms with E-state index < -0.39 is 10.0 Å². The summed E-state index contributed by atoms with van der Waals surface area (Å²) in [5, 5.41) is 3.01. The lowest BCUT2D eigenvalue weighted by Gasteiger charge is -2.17. The van der Waals surface area contributed by atoms with Crippen molar-refractivity contribution in [2.75, 3.05) is 4.72 Å². The summed E-state index contributed by atoms with van der Waals surface area (Å²) in [4.78, 5) is 4.78. The zero-order chi connectivity index (χ0) is 18.1. The Labute approximate surface area is 158 Å². The minimum Gasteiger partial charge on any atom is -0.280 e. The fourth-order valence-corrected chi connectivity index (χ4v) is 5.03. The minimum absolute atomic E-state index is 0.331. The van der Waals surface area contributed by atoms with E-state index in [1.165, 1.54) is 12.0 Å². The molecule has 0 radical (unpaired) electrons. The van der Waals surface area contributed by atoms with Crippen LogP contribution >= 0.6 is 11.3 Å². The molecule has 0 spiro atoms. The molecule has 0 saturated carbocycles. The van der Waals surface area contributed by atoms with Gasteiger partial charge in [0.15, 0.2) is 0 Å². The maximum absolute atomic E-state index is 12.7. The molecule has 4 rings (SSSR count). The third-order valence-corrected chi connectivity index (χ3v) is 6.83. The Bertz CT molecular complexity index is 1040. The number of nitrogens with one attached hydrogen (secondary N) is 1. The average Bonchev–Trinajstić information content (AvgIpc) is 3.08. The van der Waals surface area contributed by atoms with Crippen molar-refractivity contribution in [2.45, 2.75) is 37.5 Å². The molecular formula is C20H20N2O2S2. The van der Waals surface area contributed by atoms with Crippen molar-refractivity contribution in [1.29, 1.82) is 0 Å². The minimum atomic E-state index is -3.58. The Balaban J connectivity index is 1.56. The van der Waals surface area contributed by atoms with Crippen LogP contribution in [0.4, 0.5) is 5.69 Å². The van der Waals surface area contributed by atoms with E-state index in [2.05, 4.69) is 9.71 Å². The van der Waals surface area contributed by atoms with Gasteiger partial charge in [0.05, 0.1) is 15.6 Å². The van der Waals surface area contributed by atoms with Crippen molar-refractivity contribution in [3.63, 3.8) is 0 Å². The van der Waals surface area contributed by atoms with Gasteiger partial charge in [0, 0.05) is 16.6 Å². The normalized spacial score (nSPS) is 14.0. The lowest BCUT2D eigenvalue weighted by Crippen LogP contribution is -2.14. The second kappa shape index (κ2) is 6.85. The van der Waals surface area contributed by atoms with Crippen LogP contribution in [0.15, 0.2) is 52.7 Å². The van der Waals surface area contributed by atoms with Crippen LogP contribution in [0.25, 0.3) is 11.3 Å². The molecule has 1 aromatic heterocycles. The predicted octanol–water partition coefficient (Wildman–Crippen LogP) is 4.80. The van der Waals surface area contributed by atoms with Gasteiger partial charge in [-0.25, -0.2) is 13.4 Å². The molecule has 3 aromatic rings. The number of sulfonamides is 1. The van der Waals surface area contributed by atoms with Gasteiger partial charge in [0.1, 0.15) is 0 Å². The molecule has 0 atom stereocenters. The topological polar surface area (TPSA) is 59.1 Å². The number of aromatic nitrogens is 1. The average molecular weight is 385 g/mol. The number of aryl methyl sites for hydroxylation is 3. The van der Waals surface area contributed by atoms with Gasteiger partial charge in [0.25, 0.3) is 10.0 Å². The Morgan fingerprint density at radius 1 is 1.00 bits per heavy atom. The standard InChI is InChI=1S/C20H20N2O2S2/c1-14-21-20(13-25-14)16-6-9-18(10-7-16)22-26(23,24)19-11-8-15-4-2-3-5-17(15)12-19/h6-13,22H,2-5H2,1H3. The first-order valence-corrected chi connectivity index (χ1v) is 11.0. The highest BCUT2D eigenvalue weighted by Gasteiger charge is 2.18. The number of benzene rings is 2. The number of fused-ring (bicyclic) bond motifs is 1. The van der Waals surface area contributed by atoms with E-state index in [-0.39, 0.29) is 0 Å². The molecule has 6 heteroatoms. The highest BCUT2D eigenvalue weighted by molar-refractivity contribution is 7.92. The number of nitrogens with zero attached hydrogens (tertiary/aromatic N) is 1. The maximum Gasteiger partial charge on any atom is 0.261 e. The summed E-state index contributed by atoms with van der Waals surface area (Å²) in [6.45, 7) is 1.97. The number of thiazole rings is 1. The Morgan fingerprint density at radius 3 is 2.42 bits per heavy atom. The van der Waals surface area contributed by atoms with Gasteiger partial charge in [-0.05, 0) is 68.0 Å². The van der Waals surface area contributed by atoms with Crippen molar-refractivity contribution in [3.8, 4) is 11.3 Å². The van der Waals surface area contributed by atoms with Crippen LogP contribution in [0, 0.1) is 6.92 Å². The molecule has 4 nitrogen and oxygen atoms in total. The van der Waals surface area contributed by atoms with Crippen LogP contribution in [0.2, 0.25) is 0 Å². The molecule has 0 aliphatic heterocycles. The van der Waals surface area contributed by atoms with Crippen molar-refractivity contribution < 1.29 is 8.42 Å². The quantitative estimate of drug-likeness (QED) is 0.703. The lowest BCUT2D eigenvalue weighted by molar-refractivity contribution is 0.600. The third kappa shape index (κ3) is 3.52. The molecule has 1 heterocycles. The van der Waals surface area contributed by atoms with Gasteiger partial charge < -0.3 is 0 Å². The van der Waals surface area contributed by atoms with Gasteiger partial charge in [-0.15, -0.1) is 11.3 Å². The van der Waals surface area contributed by atoms with Crippen LogP contribution in [0.5, 0.6) is 0 Å². The van der Waals surface area contributed by atoms with E-state index in [9.17, 15) is 8.42 Å². The van der Waals surface area contributed by atoms with Crippen LogP contribution < -0.4 is 4.72 Å². The van der Waals surface area contributed by atoms with Crippen LogP contribution in [-0.2, 0) is 22.9 Å². The van der Waals surface area contributed by atoms with Gasteiger partial charge in [-0.2, -0.15) is 0 Å². The molecule has 2 aromatic carbocycles. The van der Waals surface area contributed by atoms with Crippen molar-refractivity contribution >= 4 is 27.0 Å². The second-order valence-corrected chi connectivity index (χ2v) is 9.32. The van der Waals surface area contributed by atoms with E-state index in [4.69, 9.17) is 0 Å². The summed E-state index contributed by atoms with van der Waals surface area (Å²) >= 11 is 1.60. The maximum atomic E-state index is 12.7. The SMILES string of the molecule is Cc1nc(-c2ccc(NS(=O)(=O)c3ccc4c(c3)CCCC4)cc2)cs1. The molecule has 26 heavy (non-hydrogen) atoms. The molecule has 1 N–H and O–H groups in total.